The van der Waals surface area contributed by atoms with E-state index in [0.717, 1.165) is 23.4 Å². The molecule has 0 aliphatic heterocycles. The third-order valence-corrected chi connectivity index (χ3v) is 4.57. The van der Waals surface area contributed by atoms with Gasteiger partial charge in [0.25, 0.3) is 0 Å². The Balaban J connectivity index is 1.48. The Morgan fingerprint density at radius 3 is 3.00 bits per heavy atom. The molecule has 8 nitrogen and oxygen atoms in total. The standard InChI is InChI=1S/C16H19N5O3S/c1-10-4-5-12-11(9-10)21(16(23)24-12)8-6-13(22)18-7-2-3-14-19-20-15(17)25-14/h4-5,9H,2-3,6-8H2,1H3,(H2,17,20)(H,18,22). The van der Waals surface area contributed by atoms with Gasteiger partial charge in [0.1, 0.15) is 5.01 Å². The van der Waals surface area contributed by atoms with Crippen LogP contribution in [0.25, 0.3) is 11.1 Å². The molecule has 3 rings (SSSR count). The summed E-state index contributed by atoms with van der Waals surface area (Å²) in [4.78, 5) is 23.9. The van der Waals surface area contributed by atoms with Gasteiger partial charge < -0.3 is 15.5 Å². The molecule has 0 unspecified atom stereocenters. The molecule has 1 amide bonds. The number of benzene rings is 1. The molecule has 0 saturated carbocycles. The van der Waals surface area contributed by atoms with Crippen LogP contribution in [0.5, 0.6) is 0 Å². The van der Waals surface area contributed by atoms with E-state index in [1.54, 1.807) is 6.07 Å². The van der Waals surface area contributed by atoms with E-state index in [4.69, 9.17) is 10.2 Å². The number of fused-ring (bicyclic) bond motifs is 1. The van der Waals surface area contributed by atoms with E-state index in [-0.39, 0.29) is 18.9 Å². The van der Waals surface area contributed by atoms with E-state index in [0.29, 0.717) is 22.8 Å². The molecule has 132 valence electrons. The van der Waals surface area contributed by atoms with Gasteiger partial charge in [-0.25, -0.2) is 4.79 Å². The van der Waals surface area contributed by atoms with E-state index in [1.807, 2.05) is 19.1 Å². The van der Waals surface area contributed by atoms with Gasteiger partial charge in [0.2, 0.25) is 11.0 Å². The molecule has 0 fully saturated rings. The van der Waals surface area contributed by atoms with Crippen molar-refractivity contribution in [2.75, 3.05) is 12.3 Å². The largest absolute Gasteiger partial charge is 0.419 e. The zero-order valence-corrected chi connectivity index (χ0v) is 14.6. The fraction of sp³-hybridized carbons (Fsp3) is 0.375. The Kier molecular flexibility index (Phi) is 5.13. The number of aryl methyl sites for hydroxylation is 3. The predicted octanol–water partition coefficient (Wildman–Crippen LogP) is 1.48. The van der Waals surface area contributed by atoms with Gasteiger partial charge in [0.05, 0.1) is 5.52 Å². The number of nitrogen functional groups attached to an aromatic ring is 1. The van der Waals surface area contributed by atoms with Crippen molar-refractivity contribution in [2.24, 2.45) is 0 Å². The van der Waals surface area contributed by atoms with E-state index in [1.165, 1.54) is 15.9 Å². The molecule has 0 bridgehead atoms. The minimum Gasteiger partial charge on any atom is -0.408 e. The topological polar surface area (TPSA) is 116 Å². The van der Waals surface area contributed by atoms with Gasteiger partial charge in [-0.3, -0.25) is 9.36 Å². The van der Waals surface area contributed by atoms with E-state index in [2.05, 4.69) is 15.5 Å². The molecule has 0 spiro atoms. The Morgan fingerprint density at radius 2 is 2.24 bits per heavy atom. The summed E-state index contributed by atoms with van der Waals surface area (Å²) in [5.41, 5.74) is 7.80. The second kappa shape index (κ2) is 7.47. The molecule has 3 aromatic rings. The smallest absolute Gasteiger partial charge is 0.408 e. The normalized spacial score (nSPS) is 11.1. The molecule has 0 saturated heterocycles. The number of nitrogens with zero attached hydrogens (tertiary/aromatic N) is 3. The van der Waals surface area contributed by atoms with Crippen LogP contribution in [-0.4, -0.2) is 27.2 Å². The first-order valence-corrected chi connectivity index (χ1v) is 8.79. The summed E-state index contributed by atoms with van der Waals surface area (Å²) in [6.45, 7) is 2.77. The fourth-order valence-electron chi connectivity index (χ4n) is 2.52. The van der Waals surface area contributed by atoms with Gasteiger partial charge in [-0.05, 0) is 31.0 Å². The van der Waals surface area contributed by atoms with Crippen molar-refractivity contribution in [2.45, 2.75) is 32.7 Å². The predicted molar refractivity (Wildman–Crippen MR) is 95.5 cm³/mol. The second-order valence-electron chi connectivity index (χ2n) is 5.73. The lowest BCUT2D eigenvalue weighted by Crippen LogP contribution is -2.27. The molecule has 0 aliphatic carbocycles. The minimum atomic E-state index is -0.442. The van der Waals surface area contributed by atoms with Crippen LogP contribution < -0.4 is 16.8 Å². The molecule has 0 radical (unpaired) electrons. The number of hydrogen-bond donors (Lipinski definition) is 2. The zero-order chi connectivity index (χ0) is 17.8. The molecule has 2 aromatic heterocycles. The highest BCUT2D eigenvalue weighted by Crippen LogP contribution is 2.15. The van der Waals surface area contributed by atoms with E-state index >= 15 is 0 Å². The first-order chi connectivity index (χ1) is 12.0. The Hall–Kier alpha value is -2.68. The Labute approximate surface area is 147 Å². The monoisotopic (exact) mass is 361 g/mol. The third kappa shape index (κ3) is 4.24. The molecular weight excluding hydrogens is 342 g/mol. The molecule has 9 heteroatoms. The van der Waals surface area contributed by atoms with Crippen LogP contribution in [0.3, 0.4) is 0 Å². The maximum atomic E-state index is 12.0. The van der Waals surface area contributed by atoms with Crippen LogP contribution >= 0.6 is 11.3 Å². The summed E-state index contributed by atoms with van der Waals surface area (Å²) in [6.07, 6.45) is 1.70. The van der Waals surface area contributed by atoms with Crippen molar-refractivity contribution in [3.8, 4) is 0 Å². The van der Waals surface area contributed by atoms with Crippen molar-refractivity contribution in [3.63, 3.8) is 0 Å². The van der Waals surface area contributed by atoms with Crippen LogP contribution in [0, 0.1) is 6.92 Å². The first kappa shape index (κ1) is 17.2. The number of rotatable bonds is 7. The number of oxazole rings is 1. The summed E-state index contributed by atoms with van der Waals surface area (Å²) in [7, 11) is 0. The summed E-state index contributed by atoms with van der Waals surface area (Å²) < 4.78 is 6.68. The lowest BCUT2D eigenvalue weighted by atomic mass is 10.2. The molecule has 0 atom stereocenters. The molecular formula is C16H19N5O3S. The fourth-order valence-corrected chi connectivity index (χ4v) is 3.17. The van der Waals surface area contributed by atoms with Gasteiger partial charge in [-0.15, -0.1) is 10.2 Å². The van der Waals surface area contributed by atoms with Gasteiger partial charge in [0.15, 0.2) is 5.58 Å². The number of amides is 1. The van der Waals surface area contributed by atoms with E-state index < -0.39 is 5.76 Å². The van der Waals surface area contributed by atoms with Gasteiger partial charge in [-0.2, -0.15) is 0 Å². The highest BCUT2D eigenvalue weighted by molar-refractivity contribution is 7.15. The molecule has 1 aromatic carbocycles. The van der Waals surface area contributed by atoms with Crippen molar-refractivity contribution in [1.29, 1.82) is 0 Å². The lowest BCUT2D eigenvalue weighted by molar-refractivity contribution is -0.121. The number of aromatic nitrogens is 3. The quantitative estimate of drug-likeness (QED) is 0.616. The molecule has 2 heterocycles. The van der Waals surface area contributed by atoms with Crippen molar-refractivity contribution >= 4 is 33.5 Å². The van der Waals surface area contributed by atoms with Crippen LogP contribution in [0.4, 0.5) is 5.13 Å². The van der Waals surface area contributed by atoms with Gasteiger partial charge >= 0.3 is 5.76 Å². The van der Waals surface area contributed by atoms with E-state index in [9.17, 15) is 9.59 Å². The molecule has 0 aliphatic rings. The number of nitrogens with one attached hydrogen (secondary N) is 1. The van der Waals surface area contributed by atoms with Crippen molar-refractivity contribution in [3.05, 3.63) is 39.3 Å². The number of anilines is 1. The van der Waals surface area contributed by atoms with Crippen LogP contribution in [-0.2, 0) is 17.8 Å². The maximum absolute atomic E-state index is 12.0. The Bertz CT molecular complexity index is 943. The second-order valence-corrected chi connectivity index (χ2v) is 6.82. The van der Waals surface area contributed by atoms with Gasteiger partial charge in [0, 0.05) is 25.9 Å². The van der Waals surface area contributed by atoms with Crippen molar-refractivity contribution in [1.82, 2.24) is 20.1 Å². The summed E-state index contributed by atoms with van der Waals surface area (Å²) in [5, 5.41) is 11.8. The molecule has 3 N–H and O–H groups in total. The first-order valence-electron chi connectivity index (χ1n) is 7.97. The SMILES string of the molecule is Cc1ccc2oc(=O)n(CCC(=O)NCCCc3nnc(N)s3)c2c1. The summed E-state index contributed by atoms with van der Waals surface area (Å²) in [5.74, 6) is -0.548. The zero-order valence-electron chi connectivity index (χ0n) is 13.8. The number of nitrogens with two attached hydrogens (primary N) is 1. The van der Waals surface area contributed by atoms with Crippen LogP contribution in [0.1, 0.15) is 23.4 Å². The molecule has 25 heavy (non-hydrogen) atoms. The number of carbonyl (C=O) groups excluding carboxylic acids is 1. The average Bonchev–Trinajstić information content (AvgIpc) is 3.12. The highest BCUT2D eigenvalue weighted by Gasteiger charge is 2.11. The van der Waals surface area contributed by atoms with Crippen LogP contribution in [0.15, 0.2) is 27.4 Å². The lowest BCUT2D eigenvalue weighted by Gasteiger charge is -2.05. The summed E-state index contributed by atoms with van der Waals surface area (Å²) in [6, 6.07) is 5.53. The van der Waals surface area contributed by atoms with Crippen LogP contribution in [0.2, 0.25) is 0 Å². The van der Waals surface area contributed by atoms with Gasteiger partial charge in [-0.1, -0.05) is 17.4 Å². The number of carbonyl (C=O) groups is 1. The maximum Gasteiger partial charge on any atom is 0.419 e. The number of hydrogen-bond acceptors (Lipinski definition) is 7. The van der Waals surface area contributed by atoms with Crippen molar-refractivity contribution < 1.29 is 9.21 Å². The highest BCUT2D eigenvalue weighted by atomic mass is 32.1. The summed E-state index contributed by atoms with van der Waals surface area (Å²) >= 11 is 1.35. The third-order valence-electron chi connectivity index (χ3n) is 3.76. The Morgan fingerprint density at radius 1 is 1.40 bits per heavy atom. The minimum absolute atomic E-state index is 0.106. The average molecular weight is 361 g/mol.